The summed E-state index contributed by atoms with van der Waals surface area (Å²) in [4.78, 5) is 12.9. The molecule has 0 aromatic carbocycles. The van der Waals surface area contributed by atoms with Gasteiger partial charge in [0, 0.05) is 43.1 Å². The number of carbonyl (C=O) groups excluding carboxylic acids is 1. The number of allylic oxidation sites excluding steroid dienone is 2. The molecule has 0 N–H and O–H groups in total. The maximum absolute atomic E-state index is 14.0. The third-order valence-electron chi connectivity index (χ3n) is 6.56. The molecule has 1 fully saturated rings. The number of alkyl halides is 3. The highest BCUT2D eigenvalue weighted by atomic mass is 19.4. The van der Waals surface area contributed by atoms with Crippen molar-refractivity contribution in [2.75, 3.05) is 13.2 Å². The molecule has 1 saturated heterocycles. The van der Waals surface area contributed by atoms with Gasteiger partial charge < -0.3 is 18.6 Å². The second-order valence-electron chi connectivity index (χ2n) is 8.96. The molecule has 2 aliphatic heterocycles. The number of rotatable bonds is 7. The molecule has 2 aromatic heterocycles. The topological polar surface area (TPSA) is 95.0 Å². The molecule has 0 radical (unpaired) electrons. The van der Waals surface area contributed by atoms with Gasteiger partial charge in [0.25, 0.3) is 0 Å². The summed E-state index contributed by atoms with van der Waals surface area (Å²) in [6, 6.07) is 3.24. The maximum atomic E-state index is 14.0. The summed E-state index contributed by atoms with van der Waals surface area (Å²) in [5.74, 6) is -1.77. The van der Waals surface area contributed by atoms with Crippen LogP contribution in [0, 0.1) is 25.2 Å². The van der Waals surface area contributed by atoms with Crippen LogP contribution in [-0.2, 0) is 29.0 Å². The number of aryl methyl sites for hydroxylation is 2. The van der Waals surface area contributed by atoms with E-state index in [1.165, 1.54) is 0 Å². The van der Waals surface area contributed by atoms with E-state index in [1.807, 2.05) is 11.5 Å². The summed E-state index contributed by atoms with van der Waals surface area (Å²) in [5.41, 5.74) is 0.982. The van der Waals surface area contributed by atoms with Crippen molar-refractivity contribution in [1.82, 2.24) is 19.3 Å². The van der Waals surface area contributed by atoms with E-state index in [0.29, 0.717) is 37.6 Å². The molecule has 11 heteroatoms. The zero-order chi connectivity index (χ0) is 25.2. The lowest BCUT2D eigenvalue weighted by Gasteiger charge is -2.16. The molecule has 2 aliphatic rings. The Morgan fingerprint density at radius 3 is 2.74 bits per heavy atom. The molecular formula is C24H28F3N5O3. The molecule has 188 valence electrons. The van der Waals surface area contributed by atoms with Crippen LogP contribution in [0.3, 0.4) is 0 Å². The molecule has 4 rings (SSSR count). The number of nitrogens with zero attached hydrogens (tertiary/aromatic N) is 5. The lowest BCUT2D eigenvalue weighted by molar-refractivity contribution is -0.127. The first-order chi connectivity index (χ1) is 16.7. The first kappa shape index (κ1) is 25.0. The molecule has 2 aromatic rings. The van der Waals surface area contributed by atoms with Crippen LogP contribution in [-0.4, -0.2) is 50.6 Å². The normalized spacial score (nSPS) is 19.0. The van der Waals surface area contributed by atoms with Crippen molar-refractivity contribution in [2.45, 2.75) is 77.7 Å². The van der Waals surface area contributed by atoms with E-state index in [4.69, 9.17) is 9.47 Å². The number of carbonyl (C=O) groups is 1. The standard InChI is InChI=1S/C24H28F3N5O3/c1-15-11-18(16(2)32(15)13-17-7-6-10-34-17)20(33)14-35-22(24(25,26)27)19(12-28)23-30-29-21-8-4-3-5-9-31(21)23/h11,17H,3-10,13-14H2,1-2H3/b22-19+/t17-/m0/s1. The number of hydrogen-bond donors (Lipinski definition) is 0. The van der Waals surface area contributed by atoms with Crippen LogP contribution in [0.1, 0.15) is 65.5 Å². The van der Waals surface area contributed by atoms with Gasteiger partial charge in [0.2, 0.25) is 11.5 Å². The summed E-state index contributed by atoms with van der Waals surface area (Å²) in [6.45, 7) is 4.44. The summed E-state index contributed by atoms with van der Waals surface area (Å²) in [5, 5.41) is 17.5. The third kappa shape index (κ3) is 5.27. The highest BCUT2D eigenvalue weighted by Gasteiger charge is 2.41. The van der Waals surface area contributed by atoms with Gasteiger partial charge in [-0.2, -0.15) is 18.4 Å². The maximum Gasteiger partial charge on any atom is 0.450 e. The lowest BCUT2D eigenvalue weighted by Crippen LogP contribution is -2.22. The van der Waals surface area contributed by atoms with Gasteiger partial charge >= 0.3 is 6.18 Å². The fraction of sp³-hybridized carbons (Fsp3) is 0.583. The van der Waals surface area contributed by atoms with E-state index in [9.17, 15) is 23.2 Å². The van der Waals surface area contributed by atoms with Crippen LogP contribution >= 0.6 is 0 Å². The van der Waals surface area contributed by atoms with Crippen LogP contribution < -0.4 is 0 Å². The van der Waals surface area contributed by atoms with Gasteiger partial charge in [-0.15, -0.1) is 10.2 Å². The van der Waals surface area contributed by atoms with Crippen molar-refractivity contribution < 1.29 is 27.4 Å². The van der Waals surface area contributed by atoms with Crippen molar-refractivity contribution in [3.63, 3.8) is 0 Å². The first-order valence-electron chi connectivity index (χ1n) is 11.8. The van der Waals surface area contributed by atoms with Gasteiger partial charge in [-0.05, 0) is 45.6 Å². The summed E-state index contributed by atoms with van der Waals surface area (Å²) in [7, 11) is 0. The molecular weight excluding hydrogens is 463 g/mol. The second-order valence-corrected chi connectivity index (χ2v) is 8.96. The Morgan fingerprint density at radius 1 is 1.26 bits per heavy atom. The molecule has 0 spiro atoms. The predicted molar refractivity (Wildman–Crippen MR) is 119 cm³/mol. The largest absolute Gasteiger partial charge is 0.480 e. The predicted octanol–water partition coefficient (Wildman–Crippen LogP) is 4.30. The highest BCUT2D eigenvalue weighted by Crippen LogP contribution is 2.34. The van der Waals surface area contributed by atoms with Crippen molar-refractivity contribution in [2.24, 2.45) is 0 Å². The summed E-state index contributed by atoms with van der Waals surface area (Å²) in [6.07, 6.45) is 0.0592. The zero-order valence-electron chi connectivity index (χ0n) is 19.8. The molecule has 1 atom stereocenters. The van der Waals surface area contributed by atoms with E-state index in [0.717, 1.165) is 37.8 Å². The van der Waals surface area contributed by atoms with E-state index in [1.54, 1.807) is 23.6 Å². The first-order valence-corrected chi connectivity index (χ1v) is 11.8. The molecule has 35 heavy (non-hydrogen) atoms. The Bertz CT molecular complexity index is 1170. The number of ketones is 1. The van der Waals surface area contributed by atoms with Crippen molar-refractivity contribution in [3.8, 4) is 6.07 Å². The van der Waals surface area contributed by atoms with Gasteiger partial charge in [-0.1, -0.05) is 6.42 Å². The molecule has 8 nitrogen and oxygen atoms in total. The van der Waals surface area contributed by atoms with Gasteiger partial charge in [0.05, 0.1) is 6.10 Å². The molecule has 0 saturated carbocycles. The quantitative estimate of drug-likeness (QED) is 0.326. The Balaban J connectivity index is 1.59. The number of aromatic nitrogens is 4. The van der Waals surface area contributed by atoms with Crippen molar-refractivity contribution in [3.05, 3.63) is 40.4 Å². The monoisotopic (exact) mass is 491 g/mol. The molecule has 0 unspecified atom stereocenters. The smallest absolute Gasteiger partial charge is 0.450 e. The number of halogens is 3. The summed E-state index contributed by atoms with van der Waals surface area (Å²) >= 11 is 0. The van der Waals surface area contributed by atoms with Gasteiger partial charge in [0.1, 0.15) is 17.5 Å². The SMILES string of the molecule is Cc1cc(C(=O)CO/C(=C(\C#N)c2nnc3n2CCCCC3)C(F)(F)F)c(C)n1C[C@@H]1CCCO1. The van der Waals surface area contributed by atoms with Crippen LogP contribution in [0.5, 0.6) is 0 Å². The lowest BCUT2D eigenvalue weighted by atomic mass is 10.1. The fourth-order valence-corrected chi connectivity index (χ4v) is 4.74. The minimum absolute atomic E-state index is 0.0511. The van der Waals surface area contributed by atoms with Gasteiger partial charge in [0.15, 0.2) is 12.4 Å². The molecule has 4 heterocycles. The van der Waals surface area contributed by atoms with Crippen LogP contribution in [0.4, 0.5) is 13.2 Å². The van der Waals surface area contributed by atoms with E-state index < -0.39 is 29.9 Å². The second kappa shape index (κ2) is 10.2. The van der Waals surface area contributed by atoms with E-state index >= 15 is 0 Å². The average Bonchev–Trinajstić information content (AvgIpc) is 3.48. The van der Waals surface area contributed by atoms with E-state index in [2.05, 4.69) is 10.2 Å². The Hall–Kier alpha value is -3.13. The highest BCUT2D eigenvalue weighted by molar-refractivity contribution is 5.98. The van der Waals surface area contributed by atoms with Crippen molar-refractivity contribution in [1.29, 1.82) is 5.26 Å². The Morgan fingerprint density at radius 2 is 2.06 bits per heavy atom. The Labute approximate surface area is 201 Å². The Kier molecular flexibility index (Phi) is 7.31. The average molecular weight is 492 g/mol. The van der Waals surface area contributed by atoms with Gasteiger partial charge in [-0.3, -0.25) is 4.79 Å². The third-order valence-corrected chi connectivity index (χ3v) is 6.56. The fourth-order valence-electron chi connectivity index (χ4n) is 4.74. The number of hydrogen-bond acceptors (Lipinski definition) is 6. The minimum atomic E-state index is -4.99. The summed E-state index contributed by atoms with van der Waals surface area (Å²) < 4.78 is 56.1. The van der Waals surface area contributed by atoms with Crippen LogP contribution in [0.25, 0.3) is 5.57 Å². The number of nitriles is 1. The number of ether oxygens (including phenoxy) is 2. The molecule has 0 aliphatic carbocycles. The minimum Gasteiger partial charge on any atom is -0.480 e. The zero-order valence-corrected chi connectivity index (χ0v) is 19.8. The molecule has 0 amide bonds. The number of Topliss-reactive ketones (excluding diaryl/α,β-unsaturated/α-hetero) is 1. The van der Waals surface area contributed by atoms with Crippen LogP contribution in [0.15, 0.2) is 11.8 Å². The van der Waals surface area contributed by atoms with Crippen molar-refractivity contribution >= 4 is 11.4 Å². The van der Waals surface area contributed by atoms with E-state index in [-0.39, 0.29) is 17.5 Å². The van der Waals surface area contributed by atoms with Crippen LogP contribution in [0.2, 0.25) is 0 Å². The molecule has 0 bridgehead atoms. The van der Waals surface area contributed by atoms with Gasteiger partial charge in [-0.25, -0.2) is 0 Å². The number of fused-ring (bicyclic) bond motifs is 1.